The Morgan fingerprint density at radius 3 is 2.25 bits per heavy atom. The zero-order valence-corrected chi connectivity index (χ0v) is 22.6. The molecule has 2 N–H and O–H groups in total. The van der Waals surface area contributed by atoms with Gasteiger partial charge in [-0.3, -0.25) is 4.79 Å². The van der Waals surface area contributed by atoms with E-state index in [4.69, 9.17) is 4.74 Å². The minimum Gasteiger partial charge on any atom is -0.481 e. The average molecular weight is 497 g/mol. The lowest BCUT2D eigenvalue weighted by atomic mass is 9.39. The highest BCUT2D eigenvalue weighted by atomic mass is 16.6. The van der Waals surface area contributed by atoms with E-state index in [0.29, 0.717) is 11.3 Å². The molecule has 6 aliphatic rings. The topological polar surface area (TPSA) is 78.9 Å². The van der Waals surface area contributed by atoms with E-state index in [1.165, 1.54) is 37.7 Å². The maximum absolute atomic E-state index is 12.0. The third-order valence-electron chi connectivity index (χ3n) is 9.56. The van der Waals surface area contributed by atoms with E-state index < -0.39 is 11.4 Å². The van der Waals surface area contributed by atoms with Gasteiger partial charge in [0.1, 0.15) is 5.60 Å². The molecule has 198 valence electrons. The van der Waals surface area contributed by atoms with Crippen LogP contribution in [0.15, 0.2) is 30.3 Å². The van der Waals surface area contributed by atoms with Gasteiger partial charge in [-0.15, -0.1) is 0 Å². The molecule has 1 spiro atoms. The molecule has 6 nitrogen and oxygen atoms in total. The van der Waals surface area contributed by atoms with Crippen molar-refractivity contribution in [1.82, 2.24) is 10.2 Å². The van der Waals surface area contributed by atoms with E-state index in [0.717, 1.165) is 45.4 Å². The van der Waals surface area contributed by atoms with Crippen LogP contribution in [0.4, 0.5) is 4.79 Å². The number of ether oxygens (including phenoxy) is 1. The van der Waals surface area contributed by atoms with Crippen molar-refractivity contribution in [3.05, 3.63) is 35.9 Å². The minimum absolute atomic E-state index is 0.119. The Balaban J connectivity index is 0.000000152. The molecule has 36 heavy (non-hydrogen) atoms. The SMILES string of the molecule is CC(C)(C)OC(=O)N1CC2(CCNCC2)C1.CC12CC3CC(C(=O)O)(C1)CC(c1ccccc1)(C3)C2. The van der Waals surface area contributed by atoms with Gasteiger partial charge >= 0.3 is 12.1 Å². The summed E-state index contributed by atoms with van der Waals surface area (Å²) in [5.74, 6) is 0.0562. The predicted molar refractivity (Wildman–Crippen MR) is 140 cm³/mol. The number of carbonyl (C=O) groups excluding carboxylic acids is 1. The van der Waals surface area contributed by atoms with Crippen LogP contribution in [-0.2, 0) is 14.9 Å². The lowest BCUT2D eigenvalue weighted by molar-refractivity contribution is -0.177. The van der Waals surface area contributed by atoms with Gasteiger partial charge in [0.25, 0.3) is 0 Å². The van der Waals surface area contributed by atoms with Gasteiger partial charge in [-0.05, 0) is 108 Å². The van der Waals surface area contributed by atoms with E-state index >= 15 is 0 Å². The molecule has 4 saturated carbocycles. The van der Waals surface area contributed by atoms with Crippen LogP contribution in [0.1, 0.15) is 84.6 Å². The fourth-order valence-electron chi connectivity index (χ4n) is 8.77. The van der Waals surface area contributed by atoms with E-state index in [-0.39, 0.29) is 22.5 Å². The maximum Gasteiger partial charge on any atom is 0.410 e. The summed E-state index contributed by atoms with van der Waals surface area (Å²) in [5.41, 5.74) is 1.28. The monoisotopic (exact) mass is 496 g/mol. The van der Waals surface area contributed by atoms with Crippen molar-refractivity contribution in [3.8, 4) is 0 Å². The largest absolute Gasteiger partial charge is 0.481 e. The molecule has 2 heterocycles. The first-order valence-electron chi connectivity index (χ1n) is 13.8. The van der Waals surface area contributed by atoms with E-state index in [1.54, 1.807) is 0 Å². The number of aliphatic carboxylic acids is 1. The second-order valence-electron chi connectivity index (χ2n) is 14.1. The average Bonchev–Trinajstić information content (AvgIpc) is 2.76. The number of nitrogens with one attached hydrogen (secondary N) is 1. The first kappa shape index (κ1) is 25.6. The molecular formula is C30H44N2O4. The Morgan fingerprint density at radius 1 is 1.00 bits per heavy atom. The molecule has 4 unspecified atom stereocenters. The number of hydrogen-bond donors (Lipinski definition) is 2. The number of nitrogens with zero attached hydrogens (tertiary/aromatic N) is 1. The van der Waals surface area contributed by atoms with Crippen molar-refractivity contribution in [2.24, 2.45) is 22.2 Å². The number of carboxylic acids is 1. The minimum atomic E-state index is -0.548. The Bertz CT molecular complexity index is 990. The van der Waals surface area contributed by atoms with Crippen molar-refractivity contribution < 1.29 is 19.4 Å². The maximum atomic E-state index is 12.0. The fourth-order valence-corrected chi connectivity index (χ4v) is 8.77. The number of likely N-dealkylation sites (tertiary alicyclic amines) is 1. The summed E-state index contributed by atoms with van der Waals surface area (Å²) < 4.78 is 5.35. The number of hydrogen-bond acceptors (Lipinski definition) is 4. The van der Waals surface area contributed by atoms with Crippen LogP contribution in [0.5, 0.6) is 0 Å². The summed E-state index contributed by atoms with van der Waals surface area (Å²) in [4.78, 5) is 25.6. The number of piperidine rings is 1. The van der Waals surface area contributed by atoms with Gasteiger partial charge in [0.2, 0.25) is 0 Å². The number of carbonyl (C=O) groups is 2. The zero-order valence-electron chi connectivity index (χ0n) is 22.6. The summed E-state index contributed by atoms with van der Waals surface area (Å²) in [7, 11) is 0. The van der Waals surface area contributed by atoms with Gasteiger partial charge in [-0.2, -0.15) is 0 Å². The summed E-state index contributed by atoms with van der Waals surface area (Å²) in [6.45, 7) is 12.0. The van der Waals surface area contributed by atoms with Crippen molar-refractivity contribution in [3.63, 3.8) is 0 Å². The van der Waals surface area contributed by atoms with Crippen LogP contribution in [-0.4, -0.2) is 53.8 Å². The molecule has 2 saturated heterocycles. The van der Waals surface area contributed by atoms with Gasteiger partial charge in [0.15, 0.2) is 0 Å². The van der Waals surface area contributed by atoms with E-state index in [1.807, 2.05) is 25.7 Å². The van der Waals surface area contributed by atoms with Crippen LogP contribution < -0.4 is 5.32 Å². The molecule has 2 aliphatic heterocycles. The molecule has 6 fully saturated rings. The lowest BCUT2D eigenvalue weighted by Crippen LogP contribution is -2.62. The van der Waals surface area contributed by atoms with Gasteiger partial charge in [-0.25, -0.2) is 4.79 Å². The van der Waals surface area contributed by atoms with Gasteiger partial charge in [0, 0.05) is 18.5 Å². The van der Waals surface area contributed by atoms with Crippen LogP contribution >= 0.6 is 0 Å². The van der Waals surface area contributed by atoms with Crippen molar-refractivity contribution in [2.45, 2.75) is 90.1 Å². The highest BCUT2D eigenvalue weighted by molar-refractivity contribution is 5.76. The molecule has 4 bridgehead atoms. The molecule has 4 atom stereocenters. The summed E-state index contributed by atoms with van der Waals surface area (Å²) >= 11 is 0. The summed E-state index contributed by atoms with van der Waals surface area (Å²) in [5, 5.41) is 13.2. The standard InChI is InChI=1S/C18H22O2.C12H22N2O2/c1-16-7-13-8-17(10-16,14-5-3-2-4-6-14)12-18(9-13,11-16)15(19)20;1-11(2,3)16-10(15)14-8-12(9-14)4-6-13-7-5-12/h2-6,13H,7-12H2,1H3,(H,19,20);13H,4-9H2,1-3H3. The summed E-state index contributed by atoms with van der Waals surface area (Å²) in [6, 6.07) is 10.7. The van der Waals surface area contributed by atoms with Crippen LogP contribution in [0, 0.1) is 22.2 Å². The third kappa shape index (κ3) is 4.78. The number of benzene rings is 1. The smallest absolute Gasteiger partial charge is 0.410 e. The molecule has 0 radical (unpaired) electrons. The van der Waals surface area contributed by atoms with Crippen molar-refractivity contribution in [1.29, 1.82) is 0 Å². The van der Waals surface area contributed by atoms with E-state index in [2.05, 4.69) is 42.6 Å². The van der Waals surface area contributed by atoms with Crippen LogP contribution in [0.25, 0.3) is 0 Å². The second-order valence-corrected chi connectivity index (χ2v) is 14.1. The number of rotatable bonds is 2. The Labute approximate surface area is 216 Å². The quantitative estimate of drug-likeness (QED) is 0.557. The Kier molecular flexibility index (Phi) is 6.21. The van der Waals surface area contributed by atoms with Crippen molar-refractivity contribution >= 4 is 12.1 Å². The second kappa shape index (κ2) is 8.75. The molecule has 1 amide bonds. The summed E-state index contributed by atoms with van der Waals surface area (Å²) in [6.07, 6.45) is 8.47. The number of amides is 1. The molecular weight excluding hydrogens is 452 g/mol. The molecule has 7 rings (SSSR count). The zero-order chi connectivity index (χ0) is 25.8. The van der Waals surface area contributed by atoms with Crippen LogP contribution in [0.3, 0.4) is 0 Å². The Morgan fingerprint density at radius 2 is 1.67 bits per heavy atom. The van der Waals surface area contributed by atoms with Crippen molar-refractivity contribution in [2.75, 3.05) is 26.2 Å². The first-order chi connectivity index (χ1) is 16.9. The highest BCUT2D eigenvalue weighted by Gasteiger charge is 2.64. The molecule has 0 aromatic heterocycles. The lowest BCUT2D eigenvalue weighted by Gasteiger charge is -2.64. The highest BCUT2D eigenvalue weighted by Crippen LogP contribution is 2.70. The molecule has 1 aromatic rings. The first-order valence-corrected chi connectivity index (χ1v) is 13.8. The molecule has 6 heteroatoms. The fraction of sp³-hybridized carbons (Fsp3) is 0.733. The van der Waals surface area contributed by atoms with Gasteiger partial charge < -0.3 is 20.1 Å². The molecule has 1 aromatic carbocycles. The van der Waals surface area contributed by atoms with Crippen LogP contribution in [0.2, 0.25) is 0 Å². The Hall–Kier alpha value is -2.08. The normalized spacial score (nSPS) is 36.0. The van der Waals surface area contributed by atoms with Gasteiger partial charge in [0.05, 0.1) is 5.41 Å². The van der Waals surface area contributed by atoms with Gasteiger partial charge in [-0.1, -0.05) is 37.3 Å². The third-order valence-corrected chi connectivity index (χ3v) is 9.56. The number of carboxylic acid groups (broad SMARTS) is 1. The molecule has 4 aliphatic carbocycles. The predicted octanol–water partition coefficient (Wildman–Crippen LogP) is 5.61. The van der Waals surface area contributed by atoms with E-state index in [9.17, 15) is 14.7 Å².